The van der Waals surface area contributed by atoms with Crippen LogP contribution in [0.5, 0.6) is 0 Å². The highest BCUT2D eigenvalue weighted by molar-refractivity contribution is 5.93. The van der Waals surface area contributed by atoms with Crippen LogP contribution in [0.2, 0.25) is 0 Å². The Bertz CT molecular complexity index is 900. The highest BCUT2D eigenvalue weighted by Gasteiger charge is 2.07. The number of hydrogen-bond donors (Lipinski definition) is 2. The fourth-order valence-corrected chi connectivity index (χ4v) is 2.33. The summed E-state index contributed by atoms with van der Waals surface area (Å²) in [6.45, 7) is 0.550. The van der Waals surface area contributed by atoms with Crippen LogP contribution >= 0.6 is 0 Å². The van der Waals surface area contributed by atoms with Crippen molar-refractivity contribution in [3.63, 3.8) is 0 Å². The maximum atomic E-state index is 12.1. The Morgan fingerprint density at radius 1 is 1.00 bits per heavy atom. The van der Waals surface area contributed by atoms with E-state index in [-0.39, 0.29) is 5.91 Å². The molecule has 2 aromatic carbocycles. The van der Waals surface area contributed by atoms with Gasteiger partial charge in [0, 0.05) is 24.6 Å². The maximum Gasteiger partial charge on any atom is 0.254 e. The summed E-state index contributed by atoms with van der Waals surface area (Å²) in [5, 5.41) is 14.7. The molecule has 0 saturated carbocycles. The summed E-state index contributed by atoms with van der Waals surface area (Å²) in [4.78, 5) is 20.4. The number of rotatable bonds is 6. The highest BCUT2D eigenvalue weighted by Crippen LogP contribution is 2.13. The van der Waals surface area contributed by atoms with E-state index in [2.05, 4.69) is 26.7 Å². The molecule has 1 aromatic heterocycles. The Labute approximate surface area is 151 Å². The van der Waals surface area contributed by atoms with Crippen molar-refractivity contribution in [3.05, 3.63) is 83.7 Å². The second kappa shape index (κ2) is 8.40. The molecule has 6 heteroatoms. The Kier molecular flexibility index (Phi) is 5.53. The van der Waals surface area contributed by atoms with Gasteiger partial charge < -0.3 is 10.6 Å². The number of benzene rings is 2. The van der Waals surface area contributed by atoms with Gasteiger partial charge in [-0.3, -0.25) is 4.79 Å². The van der Waals surface area contributed by atoms with Crippen molar-refractivity contribution in [2.24, 2.45) is 0 Å². The third-order valence-corrected chi connectivity index (χ3v) is 3.73. The normalized spacial score (nSPS) is 9.96. The number of nitriles is 1. The zero-order valence-corrected chi connectivity index (χ0v) is 14.0. The van der Waals surface area contributed by atoms with Gasteiger partial charge in [-0.05, 0) is 36.2 Å². The number of carbonyl (C=O) groups excluding carboxylic acids is 1. The van der Waals surface area contributed by atoms with Crippen LogP contribution in [0.3, 0.4) is 0 Å². The number of carbonyl (C=O) groups is 1. The van der Waals surface area contributed by atoms with Crippen LogP contribution in [0, 0.1) is 11.3 Å². The predicted octanol–water partition coefficient (Wildman–Crippen LogP) is 3.06. The Balaban J connectivity index is 1.53. The van der Waals surface area contributed by atoms with Gasteiger partial charge in [-0.1, -0.05) is 30.3 Å². The minimum atomic E-state index is -0.203. The first-order valence-corrected chi connectivity index (χ1v) is 8.16. The van der Waals surface area contributed by atoms with Crippen LogP contribution in [0.15, 0.2) is 67.0 Å². The van der Waals surface area contributed by atoms with Gasteiger partial charge in [0.1, 0.15) is 0 Å². The Morgan fingerprint density at radius 3 is 2.35 bits per heavy atom. The quantitative estimate of drug-likeness (QED) is 0.718. The lowest BCUT2D eigenvalue weighted by atomic mass is 10.1. The van der Waals surface area contributed by atoms with Gasteiger partial charge in [0.2, 0.25) is 5.95 Å². The van der Waals surface area contributed by atoms with Gasteiger partial charge in [-0.25, -0.2) is 9.97 Å². The number of nitrogens with one attached hydrogen (secondary N) is 2. The molecule has 6 nitrogen and oxygen atoms in total. The molecule has 0 atom stereocenters. The second-order valence-corrected chi connectivity index (χ2v) is 5.60. The van der Waals surface area contributed by atoms with Gasteiger partial charge >= 0.3 is 0 Å². The lowest BCUT2D eigenvalue weighted by Gasteiger charge is -2.07. The van der Waals surface area contributed by atoms with Crippen LogP contribution in [-0.2, 0) is 6.42 Å². The first-order valence-electron chi connectivity index (χ1n) is 8.16. The van der Waals surface area contributed by atoms with E-state index in [9.17, 15) is 4.79 Å². The summed E-state index contributed by atoms with van der Waals surface area (Å²) >= 11 is 0. The zero-order valence-electron chi connectivity index (χ0n) is 14.0. The molecular weight excluding hydrogens is 326 g/mol. The first-order chi connectivity index (χ1) is 12.7. The topological polar surface area (TPSA) is 90.7 Å². The Morgan fingerprint density at radius 2 is 1.69 bits per heavy atom. The molecule has 0 bridgehead atoms. The molecule has 2 N–H and O–H groups in total. The van der Waals surface area contributed by atoms with Gasteiger partial charge in [0.15, 0.2) is 0 Å². The number of anilines is 2. The third-order valence-electron chi connectivity index (χ3n) is 3.73. The number of hydrogen-bond acceptors (Lipinski definition) is 5. The number of amides is 1. The van der Waals surface area contributed by atoms with Crippen LogP contribution in [0.4, 0.5) is 11.6 Å². The summed E-state index contributed by atoms with van der Waals surface area (Å²) in [6.07, 6.45) is 3.74. The molecule has 3 aromatic rings. The molecule has 0 fully saturated rings. The summed E-state index contributed by atoms with van der Waals surface area (Å²) in [7, 11) is 0. The number of nitrogens with zero attached hydrogens (tertiary/aromatic N) is 3. The summed E-state index contributed by atoms with van der Waals surface area (Å²) < 4.78 is 0. The van der Waals surface area contributed by atoms with Crippen molar-refractivity contribution >= 4 is 17.5 Å². The maximum absolute atomic E-state index is 12.1. The van der Waals surface area contributed by atoms with Crippen LogP contribution in [-0.4, -0.2) is 22.4 Å². The molecule has 0 spiro atoms. The standard InChI is InChI=1S/C20H17N5O/c21-12-16-6-8-18(9-7-16)25-20-23-13-17(14-24-20)19(26)22-11-10-15-4-2-1-3-5-15/h1-9,13-14H,10-11H2,(H,22,26)(H,23,24,25). The highest BCUT2D eigenvalue weighted by atomic mass is 16.1. The number of aromatic nitrogens is 2. The van der Waals surface area contributed by atoms with E-state index >= 15 is 0 Å². The fraction of sp³-hybridized carbons (Fsp3) is 0.100. The molecule has 3 rings (SSSR count). The van der Waals surface area contributed by atoms with E-state index in [1.165, 1.54) is 18.0 Å². The largest absolute Gasteiger partial charge is 0.352 e. The fourth-order valence-electron chi connectivity index (χ4n) is 2.33. The van der Waals surface area contributed by atoms with E-state index in [4.69, 9.17) is 5.26 Å². The van der Waals surface area contributed by atoms with Crippen molar-refractivity contribution in [2.75, 3.05) is 11.9 Å². The lowest BCUT2D eigenvalue weighted by Crippen LogP contribution is -2.26. The van der Waals surface area contributed by atoms with Gasteiger partial charge in [-0.2, -0.15) is 5.26 Å². The third kappa shape index (κ3) is 4.65. The monoisotopic (exact) mass is 343 g/mol. The average molecular weight is 343 g/mol. The first kappa shape index (κ1) is 17.1. The van der Waals surface area contributed by atoms with Gasteiger partial charge in [0.25, 0.3) is 5.91 Å². The molecule has 1 amide bonds. The Hall–Kier alpha value is -3.72. The van der Waals surface area contributed by atoms with Crippen molar-refractivity contribution in [3.8, 4) is 6.07 Å². The summed E-state index contributed by atoms with van der Waals surface area (Å²) in [5.41, 5.74) is 2.93. The van der Waals surface area contributed by atoms with Crippen LogP contribution < -0.4 is 10.6 Å². The van der Waals surface area contributed by atoms with E-state index in [0.717, 1.165) is 12.1 Å². The van der Waals surface area contributed by atoms with E-state index in [1.54, 1.807) is 24.3 Å². The zero-order chi connectivity index (χ0) is 18.2. The van der Waals surface area contributed by atoms with Crippen molar-refractivity contribution in [1.29, 1.82) is 5.26 Å². The molecule has 0 aliphatic heterocycles. The average Bonchev–Trinajstić information content (AvgIpc) is 2.70. The van der Waals surface area contributed by atoms with Gasteiger partial charge in [-0.15, -0.1) is 0 Å². The molecule has 1 heterocycles. The molecule has 0 aliphatic carbocycles. The minimum absolute atomic E-state index is 0.203. The molecule has 0 aliphatic rings. The minimum Gasteiger partial charge on any atom is -0.352 e. The second-order valence-electron chi connectivity index (χ2n) is 5.60. The van der Waals surface area contributed by atoms with Crippen molar-refractivity contribution in [2.45, 2.75) is 6.42 Å². The molecule has 0 saturated heterocycles. The van der Waals surface area contributed by atoms with Crippen LogP contribution in [0.25, 0.3) is 0 Å². The van der Waals surface area contributed by atoms with E-state index in [1.807, 2.05) is 30.3 Å². The molecular formula is C20H17N5O. The smallest absolute Gasteiger partial charge is 0.254 e. The van der Waals surface area contributed by atoms with Gasteiger partial charge in [0.05, 0.1) is 17.2 Å². The molecule has 0 radical (unpaired) electrons. The van der Waals surface area contributed by atoms with E-state index < -0.39 is 0 Å². The summed E-state index contributed by atoms with van der Waals surface area (Å²) in [5.74, 6) is 0.182. The van der Waals surface area contributed by atoms with E-state index in [0.29, 0.717) is 23.6 Å². The molecule has 0 unspecified atom stereocenters. The summed E-state index contributed by atoms with van der Waals surface area (Å²) in [6, 6.07) is 19.0. The van der Waals surface area contributed by atoms with Crippen LogP contribution in [0.1, 0.15) is 21.5 Å². The lowest BCUT2D eigenvalue weighted by molar-refractivity contribution is 0.0953. The van der Waals surface area contributed by atoms with Crippen molar-refractivity contribution in [1.82, 2.24) is 15.3 Å². The van der Waals surface area contributed by atoms with Crippen molar-refractivity contribution < 1.29 is 4.79 Å². The molecule has 128 valence electrons. The predicted molar refractivity (Wildman–Crippen MR) is 99.0 cm³/mol. The SMILES string of the molecule is N#Cc1ccc(Nc2ncc(C(=O)NCCc3ccccc3)cn2)cc1. The molecule has 26 heavy (non-hydrogen) atoms.